The molecule has 1 aromatic rings. The number of carbonyl (C=O) groups excluding carboxylic acids is 1. The van der Waals surface area contributed by atoms with Gasteiger partial charge in [-0.2, -0.15) is 0 Å². The maximum absolute atomic E-state index is 15.9. The van der Waals surface area contributed by atoms with Gasteiger partial charge in [0.05, 0.1) is 7.11 Å². The van der Waals surface area contributed by atoms with Crippen molar-refractivity contribution in [2.45, 2.75) is 50.6 Å². The number of alkyl halides is 1. The Morgan fingerprint density at radius 3 is 2.44 bits per heavy atom. The van der Waals surface area contributed by atoms with E-state index >= 15 is 4.39 Å². The molecule has 27 heavy (non-hydrogen) atoms. The lowest BCUT2D eigenvalue weighted by Gasteiger charge is -2.51. The van der Waals surface area contributed by atoms with Gasteiger partial charge in [-0.05, 0) is 55.0 Å². The van der Waals surface area contributed by atoms with Crippen LogP contribution in [0.4, 0.5) is 4.39 Å². The molecule has 0 aromatic heterocycles. The van der Waals surface area contributed by atoms with Crippen LogP contribution in [0.15, 0.2) is 48.6 Å². The fourth-order valence-corrected chi connectivity index (χ4v) is 7.47. The number of ether oxygens (including phenoxy) is 1. The average Bonchev–Trinajstić information content (AvgIpc) is 3.06. The van der Waals surface area contributed by atoms with Crippen LogP contribution in [-0.4, -0.2) is 18.6 Å². The Morgan fingerprint density at radius 2 is 1.74 bits per heavy atom. The third-order valence-electron chi connectivity index (χ3n) is 8.54. The Kier molecular flexibility index (Phi) is 3.27. The van der Waals surface area contributed by atoms with Crippen LogP contribution in [0.25, 0.3) is 0 Å². The highest BCUT2D eigenvalue weighted by Gasteiger charge is 2.79. The summed E-state index contributed by atoms with van der Waals surface area (Å²) in [5, 5.41) is 0. The molecule has 4 aliphatic carbocycles. The Morgan fingerprint density at radius 1 is 1.04 bits per heavy atom. The lowest BCUT2D eigenvalue weighted by molar-refractivity contribution is -0.125. The normalized spacial score (nSPS) is 47.0. The quantitative estimate of drug-likeness (QED) is 0.674. The van der Waals surface area contributed by atoms with Gasteiger partial charge in [0.1, 0.15) is 11.4 Å². The first-order valence-electron chi connectivity index (χ1n) is 10.1. The zero-order chi connectivity index (χ0) is 19.1. The largest absolute Gasteiger partial charge is 0.497 e. The number of hydrogen-bond acceptors (Lipinski definition) is 2. The van der Waals surface area contributed by atoms with Gasteiger partial charge in [0.25, 0.3) is 0 Å². The first kappa shape index (κ1) is 17.2. The third kappa shape index (κ3) is 1.75. The molecule has 2 bridgehead atoms. The Labute approximate surface area is 160 Å². The van der Waals surface area contributed by atoms with Crippen LogP contribution in [0.5, 0.6) is 5.75 Å². The smallest absolute Gasteiger partial charge is 0.160 e. The molecule has 0 spiro atoms. The molecule has 0 radical (unpaired) electrons. The second kappa shape index (κ2) is 5.12. The molecule has 6 atom stereocenters. The molecule has 2 nitrogen and oxygen atoms in total. The van der Waals surface area contributed by atoms with Crippen LogP contribution >= 0.6 is 0 Å². The number of ketones is 1. The van der Waals surface area contributed by atoms with E-state index in [-0.39, 0.29) is 28.4 Å². The molecule has 0 amide bonds. The lowest BCUT2D eigenvalue weighted by Crippen LogP contribution is -2.50. The Bertz CT molecular complexity index is 867. The molecule has 2 saturated carbocycles. The number of halogens is 1. The molecule has 0 heterocycles. The summed E-state index contributed by atoms with van der Waals surface area (Å²) in [6, 6.07) is 8.11. The SMILES string of the molecule is COc1ccc([C@@]23C=C[C@@]4(CCCC[C@@]42C)[C@@H]2[C@H]3C(=O)C=C[C@]2(C)F)cc1. The summed E-state index contributed by atoms with van der Waals surface area (Å²) in [4.78, 5) is 13.2. The highest BCUT2D eigenvalue weighted by molar-refractivity contribution is 5.96. The van der Waals surface area contributed by atoms with E-state index in [4.69, 9.17) is 4.74 Å². The van der Waals surface area contributed by atoms with E-state index in [1.54, 1.807) is 14.0 Å². The minimum Gasteiger partial charge on any atom is -0.497 e. The number of benzene rings is 1. The Balaban J connectivity index is 1.80. The zero-order valence-corrected chi connectivity index (χ0v) is 16.3. The molecular formula is C24H27FO2. The minimum absolute atomic E-state index is 0.0882. The molecule has 3 heteroatoms. The predicted octanol–water partition coefficient (Wildman–Crippen LogP) is 5.18. The van der Waals surface area contributed by atoms with E-state index in [1.807, 2.05) is 12.1 Å². The monoisotopic (exact) mass is 366 g/mol. The summed E-state index contributed by atoms with van der Waals surface area (Å²) in [6.07, 6.45) is 11.8. The number of rotatable bonds is 2. The van der Waals surface area contributed by atoms with Crippen molar-refractivity contribution in [1.29, 1.82) is 0 Å². The summed E-state index contributed by atoms with van der Waals surface area (Å²) >= 11 is 0. The fourth-order valence-electron chi connectivity index (χ4n) is 7.47. The summed E-state index contributed by atoms with van der Waals surface area (Å²) in [5.74, 6) is 0.265. The summed E-state index contributed by atoms with van der Waals surface area (Å²) in [7, 11) is 1.66. The van der Waals surface area contributed by atoms with Crippen molar-refractivity contribution < 1.29 is 13.9 Å². The first-order valence-corrected chi connectivity index (χ1v) is 10.1. The molecule has 0 N–H and O–H groups in total. The van der Waals surface area contributed by atoms with E-state index in [2.05, 4.69) is 31.2 Å². The molecule has 0 saturated heterocycles. The van der Waals surface area contributed by atoms with Crippen molar-refractivity contribution in [3.63, 3.8) is 0 Å². The highest BCUT2D eigenvalue weighted by atomic mass is 19.1. The number of allylic oxidation sites excluding steroid dienone is 4. The second-order valence-electron chi connectivity index (χ2n) is 9.35. The number of fused-ring (bicyclic) bond motifs is 2. The van der Waals surface area contributed by atoms with Gasteiger partial charge < -0.3 is 4.74 Å². The molecule has 0 aliphatic heterocycles. The molecule has 142 valence electrons. The van der Waals surface area contributed by atoms with Crippen molar-refractivity contribution >= 4 is 5.78 Å². The van der Waals surface area contributed by atoms with Crippen LogP contribution in [0.2, 0.25) is 0 Å². The van der Waals surface area contributed by atoms with Gasteiger partial charge in [-0.25, -0.2) is 4.39 Å². The van der Waals surface area contributed by atoms with Gasteiger partial charge in [-0.3, -0.25) is 4.79 Å². The predicted molar refractivity (Wildman–Crippen MR) is 103 cm³/mol. The summed E-state index contributed by atoms with van der Waals surface area (Å²) in [5.41, 5.74) is -1.18. The second-order valence-corrected chi connectivity index (χ2v) is 9.35. The maximum atomic E-state index is 15.9. The van der Waals surface area contributed by atoms with E-state index in [9.17, 15) is 4.79 Å². The van der Waals surface area contributed by atoms with Crippen molar-refractivity contribution in [1.82, 2.24) is 0 Å². The van der Waals surface area contributed by atoms with Crippen molar-refractivity contribution in [2.24, 2.45) is 22.7 Å². The molecule has 5 rings (SSSR count). The standard InChI is InChI=1S/C24H27FO2/c1-21(25)13-10-18(26)19-20(21)23-12-5-4-11-22(23,2)24(19,15-14-23)16-6-8-17(27-3)9-7-16/h6-10,13-15,19-20H,4-5,11-12H2,1-3H3/t19-,20-,21+,22+,23+,24-/m1/s1. The van der Waals surface area contributed by atoms with E-state index < -0.39 is 11.1 Å². The minimum atomic E-state index is -1.46. The third-order valence-corrected chi connectivity index (χ3v) is 8.54. The first-order chi connectivity index (χ1) is 12.8. The molecule has 1 aromatic carbocycles. The number of methoxy groups -OCH3 is 1. The van der Waals surface area contributed by atoms with Gasteiger partial charge in [0.15, 0.2) is 5.78 Å². The number of carbonyl (C=O) groups is 1. The summed E-state index contributed by atoms with van der Waals surface area (Å²) in [6.45, 7) is 3.99. The zero-order valence-electron chi connectivity index (χ0n) is 16.3. The van der Waals surface area contributed by atoms with E-state index in [0.717, 1.165) is 37.0 Å². The van der Waals surface area contributed by atoms with Crippen molar-refractivity contribution in [3.8, 4) is 5.75 Å². The van der Waals surface area contributed by atoms with Crippen molar-refractivity contribution in [3.05, 3.63) is 54.1 Å². The maximum Gasteiger partial charge on any atom is 0.160 e. The fraction of sp³-hybridized carbons (Fsp3) is 0.542. The van der Waals surface area contributed by atoms with Gasteiger partial charge in [0.2, 0.25) is 0 Å². The van der Waals surface area contributed by atoms with Crippen LogP contribution in [0, 0.1) is 22.7 Å². The average molecular weight is 366 g/mol. The molecular weight excluding hydrogens is 339 g/mol. The van der Waals surface area contributed by atoms with Gasteiger partial charge in [-0.15, -0.1) is 0 Å². The van der Waals surface area contributed by atoms with E-state index in [1.165, 1.54) is 12.2 Å². The van der Waals surface area contributed by atoms with Crippen molar-refractivity contribution in [2.75, 3.05) is 7.11 Å². The van der Waals surface area contributed by atoms with E-state index in [0.29, 0.717) is 0 Å². The van der Waals surface area contributed by atoms with Gasteiger partial charge >= 0.3 is 0 Å². The molecule has 4 aliphatic rings. The van der Waals surface area contributed by atoms with Gasteiger partial charge in [0, 0.05) is 22.7 Å². The summed E-state index contributed by atoms with van der Waals surface area (Å²) < 4.78 is 21.2. The topological polar surface area (TPSA) is 26.3 Å². The lowest BCUT2D eigenvalue weighted by atomic mass is 9.52. The Hall–Kier alpha value is -1.90. The van der Waals surface area contributed by atoms with Gasteiger partial charge in [-0.1, -0.05) is 44.1 Å². The molecule has 0 unspecified atom stereocenters. The van der Waals surface area contributed by atoms with Crippen LogP contribution < -0.4 is 4.74 Å². The van der Waals surface area contributed by atoms with Crippen LogP contribution in [0.3, 0.4) is 0 Å². The highest BCUT2D eigenvalue weighted by Crippen LogP contribution is 2.80. The van der Waals surface area contributed by atoms with Crippen LogP contribution in [0.1, 0.15) is 45.1 Å². The number of hydrogen-bond donors (Lipinski definition) is 0. The molecule has 2 fully saturated rings. The van der Waals surface area contributed by atoms with Crippen LogP contribution in [-0.2, 0) is 10.2 Å².